The molecule has 0 atom stereocenters. The van der Waals surface area contributed by atoms with Crippen molar-refractivity contribution in [2.24, 2.45) is 5.73 Å². The summed E-state index contributed by atoms with van der Waals surface area (Å²) < 4.78 is 29.8. The Kier molecular flexibility index (Phi) is 3.61. The van der Waals surface area contributed by atoms with Gasteiger partial charge in [0.2, 0.25) is 0 Å². The molecule has 0 bridgehead atoms. The van der Waals surface area contributed by atoms with Crippen LogP contribution in [0.2, 0.25) is 0 Å². The topological polar surface area (TPSA) is 88.2 Å². The first-order valence-corrected chi connectivity index (χ1v) is 7.92. The number of H-pyrrole nitrogens is 1. The number of nitrogens with one attached hydrogen (secondary N) is 2. The van der Waals surface area contributed by atoms with Crippen molar-refractivity contribution in [3.8, 4) is 0 Å². The second-order valence-corrected chi connectivity index (χ2v) is 5.98. The first-order valence-electron chi connectivity index (χ1n) is 7.92. The number of carbonyl (C=O) groups is 1. The zero-order valence-electron chi connectivity index (χ0n) is 13.8. The Labute approximate surface area is 146 Å². The second kappa shape index (κ2) is 5.83. The number of rotatable bonds is 3. The molecule has 26 heavy (non-hydrogen) atoms. The molecule has 0 unspecified atom stereocenters. The van der Waals surface area contributed by atoms with Gasteiger partial charge in [0, 0.05) is 18.2 Å². The summed E-state index contributed by atoms with van der Waals surface area (Å²) in [5.74, 6) is -1.76. The number of halogens is 2. The lowest BCUT2D eigenvalue weighted by molar-refractivity contribution is 0.100. The number of hydrogen-bond acceptors (Lipinski definition) is 3. The van der Waals surface area contributed by atoms with Crippen molar-refractivity contribution in [1.82, 2.24) is 19.9 Å². The van der Waals surface area contributed by atoms with Gasteiger partial charge in [0.1, 0.15) is 22.8 Å². The van der Waals surface area contributed by atoms with Crippen LogP contribution in [0.4, 0.5) is 8.78 Å². The molecule has 0 fully saturated rings. The largest absolute Gasteiger partial charge is 0.394 e. The highest BCUT2D eigenvalue weighted by atomic mass is 19.1. The van der Waals surface area contributed by atoms with E-state index in [4.69, 9.17) is 5.73 Å². The Morgan fingerprint density at radius 1 is 1.42 bits per heavy atom. The standard InChI is InChI=1S/C18H15F2N5O/c1-22-7-9-2-3-11(14(20)4-9)13-8-23-25-16-12(17(21)26)5-10(19)6-15(16)24-18(13)25/h3-8,22,24H,2H2,1H3,(H2,21,26). The van der Waals surface area contributed by atoms with Crippen LogP contribution in [-0.2, 0) is 0 Å². The smallest absolute Gasteiger partial charge is 0.251 e. The van der Waals surface area contributed by atoms with Gasteiger partial charge in [-0.3, -0.25) is 4.79 Å². The van der Waals surface area contributed by atoms with Crippen LogP contribution in [-0.4, -0.2) is 27.6 Å². The molecule has 0 saturated heterocycles. The van der Waals surface area contributed by atoms with Crippen LogP contribution in [0.1, 0.15) is 22.3 Å². The van der Waals surface area contributed by atoms with E-state index < -0.39 is 17.6 Å². The summed E-state index contributed by atoms with van der Waals surface area (Å²) in [6, 6.07) is 2.31. The molecule has 1 aliphatic carbocycles. The van der Waals surface area contributed by atoms with Crippen molar-refractivity contribution < 1.29 is 13.6 Å². The molecular formula is C18H15F2N5O. The summed E-state index contributed by atoms with van der Waals surface area (Å²) >= 11 is 0. The summed E-state index contributed by atoms with van der Waals surface area (Å²) in [5.41, 5.74) is 8.27. The highest BCUT2D eigenvalue weighted by Crippen LogP contribution is 2.34. The van der Waals surface area contributed by atoms with E-state index in [0.717, 1.165) is 11.6 Å². The number of primary amides is 1. The molecule has 6 nitrogen and oxygen atoms in total. The number of allylic oxidation sites excluding steroid dienone is 5. The van der Waals surface area contributed by atoms with Crippen molar-refractivity contribution in [3.63, 3.8) is 0 Å². The Morgan fingerprint density at radius 2 is 2.23 bits per heavy atom. The third-order valence-corrected chi connectivity index (χ3v) is 4.31. The van der Waals surface area contributed by atoms with E-state index in [1.54, 1.807) is 19.3 Å². The highest BCUT2D eigenvalue weighted by molar-refractivity contribution is 6.05. The number of benzene rings is 1. The van der Waals surface area contributed by atoms with Crippen LogP contribution in [0, 0.1) is 5.82 Å². The molecule has 4 N–H and O–H groups in total. The van der Waals surface area contributed by atoms with E-state index in [9.17, 15) is 13.6 Å². The fourth-order valence-electron chi connectivity index (χ4n) is 3.21. The number of nitrogens with two attached hydrogens (primary N) is 1. The minimum absolute atomic E-state index is 0.00813. The average Bonchev–Trinajstić information content (AvgIpc) is 3.13. The van der Waals surface area contributed by atoms with Gasteiger partial charge < -0.3 is 16.0 Å². The fraction of sp³-hybridized carbons (Fsp3) is 0.111. The van der Waals surface area contributed by atoms with E-state index >= 15 is 0 Å². The molecule has 0 saturated carbocycles. The molecule has 2 heterocycles. The van der Waals surface area contributed by atoms with E-state index in [1.165, 1.54) is 22.9 Å². The third kappa shape index (κ3) is 2.38. The van der Waals surface area contributed by atoms with Gasteiger partial charge in [0.05, 0.1) is 17.3 Å². The minimum Gasteiger partial charge on any atom is -0.394 e. The number of amides is 1. The van der Waals surface area contributed by atoms with Gasteiger partial charge in [-0.15, -0.1) is 0 Å². The van der Waals surface area contributed by atoms with E-state index in [-0.39, 0.29) is 5.56 Å². The maximum Gasteiger partial charge on any atom is 0.251 e. The molecule has 2 aromatic heterocycles. The maximum atomic E-state index is 14.6. The van der Waals surface area contributed by atoms with Gasteiger partial charge in [0.15, 0.2) is 0 Å². The number of aromatic nitrogens is 3. The highest BCUT2D eigenvalue weighted by Gasteiger charge is 2.22. The van der Waals surface area contributed by atoms with Gasteiger partial charge in [-0.2, -0.15) is 5.10 Å². The minimum atomic E-state index is -0.766. The molecular weight excluding hydrogens is 340 g/mol. The molecule has 3 aromatic rings. The SMILES string of the molecule is CNC=C1C=C(F)C(c2cnn3c2[nH]c2cc(F)cc(C(N)=O)c23)=CC1. The van der Waals surface area contributed by atoms with Crippen LogP contribution in [0.15, 0.2) is 48.1 Å². The average molecular weight is 355 g/mol. The Morgan fingerprint density at radius 3 is 2.92 bits per heavy atom. The van der Waals surface area contributed by atoms with Gasteiger partial charge in [-0.25, -0.2) is 13.3 Å². The third-order valence-electron chi connectivity index (χ3n) is 4.31. The van der Waals surface area contributed by atoms with Gasteiger partial charge in [0.25, 0.3) is 5.91 Å². The molecule has 4 rings (SSSR count). The summed E-state index contributed by atoms with van der Waals surface area (Å²) in [4.78, 5) is 14.7. The molecule has 0 radical (unpaired) electrons. The fourth-order valence-corrected chi connectivity index (χ4v) is 3.21. The first kappa shape index (κ1) is 16.1. The zero-order valence-corrected chi connectivity index (χ0v) is 13.8. The predicted octanol–water partition coefficient (Wildman–Crippen LogP) is 2.80. The molecule has 0 aliphatic heterocycles. The second-order valence-electron chi connectivity index (χ2n) is 5.98. The zero-order chi connectivity index (χ0) is 18.4. The summed E-state index contributed by atoms with van der Waals surface area (Å²) in [5, 5.41) is 7.11. The van der Waals surface area contributed by atoms with E-state index in [2.05, 4.69) is 15.4 Å². The molecule has 8 heteroatoms. The first-order chi connectivity index (χ1) is 12.5. The lowest BCUT2D eigenvalue weighted by Crippen LogP contribution is -2.12. The molecule has 1 aliphatic rings. The van der Waals surface area contributed by atoms with Gasteiger partial charge in [-0.05, 0) is 36.4 Å². The van der Waals surface area contributed by atoms with Crippen molar-refractivity contribution in [2.45, 2.75) is 6.42 Å². The number of nitrogens with zero attached hydrogens (tertiary/aromatic N) is 2. The van der Waals surface area contributed by atoms with Crippen LogP contribution >= 0.6 is 0 Å². The lowest BCUT2D eigenvalue weighted by atomic mass is 9.98. The maximum absolute atomic E-state index is 14.6. The summed E-state index contributed by atoms with van der Waals surface area (Å²) in [6.45, 7) is 0. The number of fused-ring (bicyclic) bond motifs is 3. The quantitative estimate of drug-likeness (QED) is 0.675. The van der Waals surface area contributed by atoms with Crippen LogP contribution in [0.25, 0.3) is 22.3 Å². The van der Waals surface area contributed by atoms with Crippen molar-refractivity contribution in [2.75, 3.05) is 7.05 Å². The Balaban J connectivity index is 1.92. The van der Waals surface area contributed by atoms with Crippen LogP contribution < -0.4 is 11.1 Å². The molecule has 1 amide bonds. The summed E-state index contributed by atoms with van der Waals surface area (Å²) in [7, 11) is 1.75. The molecule has 132 valence electrons. The predicted molar refractivity (Wildman–Crippen MR) is 94.5 cm³/mol. The van der Waals surface area contributed by atoms with E-state index in [1.807, 2.05) is 0 Å². The normalized spacial score (nSPS) is 16.2. The van der Waals surface area contributed by atoms with Crippen LogP contribution in [0.3, 0.4) is 0 Å². The van der Waals surface area contributed by atoms with Crippen molar-refractivity contribution in [3.05, 3.63) is 65.0 Å². The van der Waals surface area contributed by atoms with E-state index in [0.29, 0.717) is 34.2 Å². The Bertz CT molecular complexity index is 1150. The van der Waals surface area contributed by atoms with Crippen molar-refractivity contribution >= 4 is 28.2 Å². The van der Waals surface area contributed by atoms with Gasteiger partial charge >= 0.3 is 0 Å². The molecule has 0 spiro atoms. The van der Waals surface area contributed by atoms with Gasteiger partial charge in [-0.1, -0.05) is 6.08 Å². The molecule has 1 aromatic carbocycles. The monoisotopic (exact) mass is 355 g/mol. The van der Waals surface area contributed by atoms with Crippen molar-refractivity contribution in [1.29, 1.82) is 0 Å². The van der Waals surface area contributed by atoms with Crippen LogP contribution in [0.5, 0.6) is 0 Å². The number of hydrogen-bond donors (Lipinski definition) is 3. The lowest BCUT2D eigenvalue weighted by Gasteiger charge is -2.10. The number of imidazole rings is 1. The Hall–Kier alpha value is -3.42. The number of aromatic amines is 1. The number of carbonyl (C=O) groups excluding carboxylic acids is 1. The summed E-state index contributed by atoms with van der Waals surface area (Å²) in [6.07, 6.45) is 7.00.